The van der Waals surface area contributed by atoms with Gasteiger partial charge in [0.1, 0.15) is 5.75 Å². The molecule has 0 amide bonds. The quantitative estimate of drug-likeness (QED) is 0.735. The summed E-state index contributed by atoms with van der Waals surface area (Å²) >= 11 is 0. The molecule has 0 aliphatic rings. The van der Waals surface area contributed by atoms with E-state index in [4.69, 9.17) is 4.74 Å². The van der Waals surface area contributed by atoms with Crippen LogP contribution in [0.3, 0.4) is 0 Å². The Morgan fingerprint density at radius 2 is 2.00 bits per heavy atom. The Bertz CT molecular complexity index is 326. The van der Waals surface area contributed by atoms with Crippen molar-refractivity contribution in [2.24, 2.45) is 0 Å². The fourth-order valence-corrected chi connectivity index (χ4v) is 1.69. The molecule has 96 valence electrons. The lowest BCUT2D eigenvalue weighted by Gasteiger charge is -2.17. The van der Waals surface area contributed by atoms with Gasteiger partial charge in [-0.15, -0.1) is 0 Å². The van der Waals surface area contributed by atoms with Gasteiger partial charge in [0.25, 0.3) is 0 Å². The number of para-hydroxylation sites is 1. The van der Waals surface area contributed by atoms with Gasteiger partial charge in [0, 0.05) is 18.2 Å². The zero-order valence-electron chi connectivity index (χ0n) is 11.4. The number of benzene rings is 1. The van der Waals surface area contributed by atoms with Gasteiger partial charge < -0.3 is 15.0 Å². The summed E-state index contributed by atoms with van der Waals surface area (Å²) < 4.78 is 5.84. The maximum Gasteiger partial charge on any atom is 0.124 e. The molecule has 0 saturated heterocycles. The van der Waals surface area contributed by atoms with Crippen molar-refractivity contribution in [1.82, 2.24) is 10.2 Å². The lowest BCUT2D eigenvalue weighted by molar-refractivity contribution is 0.278. The van der Waals surface area contributed by atoms with Gasteiger partial charge in [0.15, 0.2) is 0 Å². The third kappa shape index (κ3) is 4.75. The van der Waals surface area contributed by atoms with Crippen molar-refractivity contribution in [3.05, 3.63) is 29.8 Å². The Labute approximate surface area is 105 Å². The summed E-state index contributed by atoms with van der Waals surface area (Å²) in [6, 6.07) is 8.55. The van der Waals surface area contributed by atoms with E-state index in [1.807, 2.05) is 19.2 Å². The molecule has 1 N–H and O–H groups in total. The van der Waals surface area contributed by atoms with Crippen LogP contribution in [-0.4, -0.2) is 39.2 Å². The maximum absolute atomic E-state index is 5.84. The second-order valence-electron chi connectivity index (χ2n) is 4.55. The molecule has 1 aromatic carbocycles. The van der Waals surface area contributed by atoms with Crippen LogP contribution >= 0.6 is 0 Å². The molecule has 0 bridgehead atoms. The topological polar surface area (TPSA) is 24.5 Å². The first-order valence-corrected chi connectivity index (χ1v) is 6.19. The van der Waals surface area contributed by atoms with Crippen molar-refractivity contribution < 1.29 is 4.74 Å². The minimum Gasteiger partial charge on any atom is -0.493 e. The van der Waals surface area contributed by atoms with Gasteiger partial charge in [-0.3, -0.25) is 0 Å². The summed E-state index contributed by atoms with van der Waals surface area (Å²) in [4.78, 5) is 2.17. The third-order valence-corrected chi connectivity index (χ3v) is 2.83. The summed E-state index contributed by atoms with van der Waals surface area (Å²) in [6.07, 6.45) is 1.05. The van der Waals surface area contributed by atoms with Crippen molar-refractivity contribution in [1.29, 1.82) is 0 Å². The van der Waals surface area contributed by atoms with E-state index in [9.17, 15) is 0 Å². The first-order chi connectivity index (χ1) is 8.15. The monoisotopic (exact) mass is 236 g/mol. The van der Waals surface area contributed by atoms with Gasteiger partial charge in [-0.05, 0) is 40.6 Å². The molecule has 0 radical (unpaired) electrons. The smallest absolute Gasteiger partial charge is 0.124 e. The molecule has 1 aromatic rings. The number of ether oxygens (including phenoxy) is 1. The molecular formula is C14H24N2O. The summed E-state index contributed by atoms with van der Waals surface area (Å²) in [5, 5.41) is 3.24. The average Bonchev–Trinajstić information content (AvgIpc) is 2.34. The van der Waals surface area contributed by atoms with Crippen LogP contribution in [0, 0.1) is 0 Å². The molecule has 0 heterocycles. The fourth-order valence-electron chi connectivity index (χ4n) is 1.69. The normalized spacial score (nSPS) is 12.8. The summed E-state index contributed by atoms with van der Waals surface area (Å²) in [5.74, 6) is 0.994. The summed E-state index contributed by atoms with van der Waals surface area (Å²) in [5.41, 5.74) is 1.22. The van der Waals surface area contributed by atoms with E-state index in [2.05, 4.69) is 43.4 Å². The van der Waals surface area contributed by atoms with Gasteiger partial charge in [-0.2, -0.15) is 0 Å². The molecule has 0 aromatic heterocycles. The van der Waals surface area contributed by atoms with Crippen molar-refractivity contribution in [2.75, 3.05) is 34.3 Å². The first-order valence-electron chi connectivity index (χ1n) is 6.19. The second-order valence-corrected chi connectivity index (χ2v) is 4.55. The summed E-state index contributed by atoms with van der Waals surface area (Å²) in [7, 11) is 6.13. The van der Waals surface area contributed by atoms with E-state index in [1.54, 1.807) is 0 Å². The fraction of sp³-hybridized carbons (Fsp3) is 0.571. The Hall–Kier alpha value is -1.06. The van der Waals surface area contributed by atoms with Gasteiger partial charge in [0.2, 0.25) is 0 Å². The molecule has 3 nitrogen and oxygen atoms in total. The van der Waals surface area contributed by atoms with Crippen LogP contribution in [0.1, 0.15) is 24.9 Å². The standard InChI is InChI=1S/C14H24N2O/c1-12(15-2)13-8-5-6-9-14(13)17-11-7-10-16(3)4/h5-6,8-9,12,15H,7,10-11H2,1-4H3. The zero-order chi connectivity index (χ0) is 12.7. The molecule has 0 aliphatic heterocycles. The number of rotatable bonds is 7. The predicted molar refractivity (Wildman–Crippen MR) is 72.6 cm³/mol. The third-order valence-electron chi connectivity index (χ3n) is 2.83. The van der Waals surface area contributed by atoms with E-state index in [0.29, 0.717) is 6.04 Å². The van der Waals surface area contributed by atoms with Crippen LogP contribution in [-0.2, 0) is 0 Å². The van der Waals surface area contributed by atoms with E-state index < -0.39 is 0 Å². The molecule has 1 rings (SSSR count). The van der Waals surface area contributed by atoms with Gasteiger partial charge in [-0.25, -0.2) is 0 Å². The van der Waals surface area contributed by atoms with Gasteiger partial charge >= 0.3 is 0 Å². The van der Waals surface area contributed by atoms with E-state index in [0.717, 1.165) is 25.3 Å². The molecule has 1 atom stereocenters. The highest BCUT2D eigenvalue weighted by Gasteiger charge is 2.08. The minimum atomic E-state index is 0.319. The van der Waals surface area contributed by atoms with Crippen molar-refractivity contribution in [3.8, 4) is 5.75 Å². The highest BCUT2D eigenvalue weighted by molar-refractivity contribution is 5.35. The van der Waals surface area contributed by atoms with Crippen LogP contribution in [0.25, 0.3) is 0 Å². The Kier molecular flexibility index (Phi) is 6.01. The Morgan fingerprint density at radius 1 is 1.29 bits per heavy atom. The predicted octanol–water partition coefficient (Wildman–Crippen LogP) is 2.30. The number of nitrogens with one attached hydrogen (secondary N) is 1. The average molecular weight is 236 g/mol. The van der Waals surface area contributed by atoms with Crippen LogP contribution in [0.2, 0.25) is 0 Å². The lowest BCUT2D eigenvalue weighted by atomic mass is 10.1. The summed E-state index contributed by atoms with van der Waals surface area (Å²) in [6.45, 7) is 3.97. The number of hydrogen-bond donors (Lipinski definition) is 1. The van der Waals surface area contributed by atoms with Crippen LogP contribution in [0.15, 0.2) is 24.3 Å². The number of nitrogens with zero attached hydrogens (tertiary/aromatic N) is 1. The van der Waals surface area contributed by atoms with Crippen LogP contribution in [0.5, 0.6) is 5.75 Å². The highest BCUT2D eigenvalue weighted by atomic mass is 16.5. The largest absolute Gasteiger partial charge is 0.493 e. The van der Waals surface area contributed by atoms with Crippen molar-refractivity contribution in [3.63, 3.8) is 0 Å². The molecule has 0 saturated carbocycles. The molecular weight excluding hydrogens is 212 g/mol. The molecule has 0 fully saturated rings. The van der Waals surface area contributed by atoms with Crippen LogP contribution in [0.4, 0.5) is 0 Å². The highest BCUT2D eigenvalue weighted by Crippen LogP contribution is 2.24. The Morgan fingerprint density at radius 3 is 2.65 bits per heavy atom. The first kappa shape index (κ1) is 14.0. The molecule has 1 unspecified atom stereocenters. The zero-order valence-corrected chi connectivity index (χ0v) is 11.4. The van der Waals surface area contributed by atoms with Crippen LogP contribution < -0.4 is 10.1 Å². The van der Waals surface area contributed by atoms with Gasteiger partial charge in [-0.1, -0.05) is 18.2 Å². The van der Waals surface area contributed by atoms with E-state index in [1.165, 1.54) is 5.56 Å². The molecule has 17 heavy (non-hydrogen) atoms. The molecule has 0 aliphatic carbocycles. The lowest BCUT2D eigenvalue weighted by Crippen LogP contribution is -2.17. The molecule has 3 heteroatoms. The van der Waals surface area contributed by atoms with Gasteiger partial charge in [0.05, 0.1) is 6.61 Å². The second kappa shape index (κ2) is 7.30. The SMILES string of the molecule is CNC(C)c1ccccc1OCCCN(C)C. The number of hydrogen-bond acceptors (Lipinski definition) is 3. The Balaban J connectivity index is 2.52. The maximum atomic E-state index is 5.84. The van der Waals surface area contributed by atoms with E-state index in [-0.39, 0.29) is 0 Å². The van der Waals surface area contributed by atoms with E-state index >= 15 is 0 Å². The van der Waals surface area contributed by atoms with Crippen molar-refractivity contribution in [2.45, 2.75) is 19.4 Å². The van der Waals surface area contributed by atoms with Crippen molar-refractivity contribution >= 4 is 0 Å². The minimum absolute atomic E-state index is 0.319. The molecule has 0 spiro atoms.